The minimum absolute atomic E-state index is 0. The second-order valence-electron chi connectivity index (χ2n) is 13.8. The molecule has 0 heterocycles. The maximum atomic E-state index is 2.99. The van der Waals surface area contributed by atoms with Gasteiger partial charge in [0.2, 0.25) is 0 Å². The number of halogens is 2. The van der Waals surface area contributed by atoms with E-state index in [2.05, 4.69) is 138 Å². The van der Waals surface area contributed by atoms with Gasteiger partial charge in [-0.05, 0) is 40.6 Å². The third kappa shape index (κ3) is 5.30. The van der Waals surface area contributed by atoms with Gasteiger partial charge < -0.3 is 24.8 Å². The van der Waals surface area contributed by atoms with Gasteiger partial charge in [0, 0.05) is 0 Å². The van der Waals surface area contributed by atoms with Crippen molar-refractivity contribution in [2.45, 2.75) is 94.9 Å². The second kappa shape index (κ2) is 12.7. The van der Waals surface area contributed by atoms with Crippen LogP contribution in [0.5, 0.6) is 0 Å². The largest absolute Gasteiger partial charge is 1.00 e. The Morgan fingerprint density at radius 2 is 1.57 bits per heavy atom. The fourth-order valence-corrected chi connectivity index (χ4v) is 7.91. The Kier molecular flexibility index (Phi) is 11.1. The van der Waals surface area contributed by atoms with Crippen molar-refractivity contribution in [1.29, 1.82) is 0 Å². The molecule has 0 spiro atoms. The third-order valence-corrected chi connectivity index (χ3v) is 11.4. The number of rotatable bonds is 0. The van der Waals surface area contributed by atoms with Gasteiger partial charge in [0.05, 0.1) is 0 Å². The van der Waals surface area contributed by atoms with Crippen molar-refractivity contribution in [2.24, 2.45) is 27.6 Å². The molecule has 216 valence electrons. The Bertz CT molecular complexity index is 1250. The van der Waals surface area contributed by atoms with Gasteiger partial charge in [0.15, 0.2) is 0 Å². The summed E-state index contributed by atoms with van der Waals surface area (Å²) in [4.78, 5) is 0. The fraction of sp³-hybridized carbons (Fsp3) is 0.514. The number of allylic oxidation sites excluding steroid dienone is 10. The van der Waals surface area contributed by atoms with E-state index in [1.165, 1.54) is 27.8 Å². The van der Waals surface area contributed by atoms with Crippen LogP contribution in [0.15, 0.2) is 71.4 Å². The quantitative estimate of drug-likeness (QED) is 0.307. The van der Waals surface area contributed by atoms with Crippen molar-refractivity contribution < 1.29 is 44.8 Å². The molecule has 1 aromatic rings. The molecule has 0 amide bonds. The van der Waals surface area contributed by atoms with Crippen LogP contribution in [0.2, 0.25) is 0 Å². The molecule has 40 heavy (non-hydrogen) atoms. The molecule has 1 saturated carbocycles. The summed E-state index contributed by atoms with van der Waals surface area (Å²) in [5, 5.41) is 0. The van der Waals surface area contributed by atoms with E-state index >= 15 is 0 Å². The fourth-order valence-electron chi connectivity index (χ4n) is 7.91. The molecule has 0 bridgehead atoms. The van der Waals surface area contributed by atoms with E-state index in [0.717, 1.165) is 12.8 Å². The predicted molar refractivity (Wildman–Crippen MR) is 162 cm³/mol. The van der Waals surface area contributed by atoms with Gasteiger partial charge in [0.25, 0.3) is 0 Å². The van der Waals surface area contributed by atoms with E-state index in [-0.39, 0.29) is 46.5 Å². The number of benzene rings is 1. The van der Waals surface area contributed by atoms with Crippen LogP contribution in [-0.2, 0) is 26.4 Å². The molecular weight excluding hydrogens is 563 g/mol. The van der Waals surface area contributed by atoms with Crippen LogP contribution in [0.1, 0.15) is 99.6 Å². The van der Waals surface area contributed by atoms with Gasteiger partial charge >= 0.3 is 37.6 Å². The normalized spacial score (nSPS) is 27.0. The van der Waals surface area contributed by atoms with Crippen molar-refractivity contribution in [2.75, 3.05) is 0 Å². The number of fused-ring (bicyclic) bond motifs is 6. The van der Waals surface area contributed by atoms with Crippen molar-refractivity contribution in [3.8, 4) is 0 Å². The molecule has 3 heteroatoms. The van der Waals surface area contributed by atoms with Gasteiger partial charge in [-0.15, -0.1) is 13.3 Å². The maximum absolute atomic E-state index is 2.99. The van der Waals surface area contributed by atoms with E-state index in [1.54, 1.807) is 28.2 Å². The molecule has 1 fully saturated rings. The summed E-state index contributed by atoms with van der Waals surface area (Å²) >= 11 is 2.08. The van der Waals surface area contributed by atoms with Crippen LogP contribution in [0.4, 0.5) is 0 Å². The van der Waals surface area contributed by atoms with Gasteiger partial charge in [-0.2, -0.15) is 17.2 Å². The first-order valence-corrected chi connectivity index (χ1v) is 15.3. The van der Waals surface area contributed by atoms with Crippen LogP contribution >= 0.6 is 0 Å². The monoisotopic (exact) mass is 610 g/mol. The van der Waals surface area contributed by atoms with Gasteiger partial charge in [-0.1, -0.05) is 113 Å². The van der Waals surface area contributed by atoms with E-state index in [0.29, 0.717) is 5.92 Å². The summed E-state index contributed by atoms with van der Waals surface area (Å²) in [7, 11) is 0. The van der Waals surface area contributed by atoms with E-state index in [1.807, 2.05) is 12.2 Å². The average molecular weight is 612 g/mol. The first kappa shape index (κ1) is 35.2. The zero-order chi connectivity index (χ0) is 28.1. The van der Waals surface area contributed by atoms with E-state index < -0.39 is 0 Å². The molecule has 0 aromatic heterocycles. The Balaban J connectivity index is 0.000000441. The average Bonchev–Trinajstić information content (AvgIpc) is 3.54. The first-order valence-electron chi connectivity index (χ1n) is 14.5. The molecule has 1 aromatic carbocycles. The summed E-state index contributed by atoms with van der Waals surface area (Å²) in [6.45, 7) is 24.5. The Morgan fingerprint density at radius 3 is 2.12 bits per heavy atom. The number of hydrogen-bond acceptors (Lipinski definition) is 0. The zero-order valence-corrected chi connectivity index (χ0v) is 29.4. The third-order valence-electron chi connectivity index (χ3n) is 11.4. The summed E-state index contributed by atoms with van der Waals surface area (Å²) in [5.74, 6) is 2.24. The zero-order valence-electron chi connectivity index (χ0n) is 26.4. The van der Waals surface area contributed by atoms with Crippen molar-refractivity contribution in [3.05, 3.63) is 94.5 Å². The van der Waals surface area contributed by atoms with Crippen LogP contribution in [-0.4, -0.2) is 3.81 Å². The molecule has 2 unspecified atom stereocenters. The molecule has 5 aliphatic carbocycles. The molecule has 2 atom stereocenters. The minimum atomic E-state index is 0. The maximum Gasteiger partial charge on any atom is -0.109 e. The standard InChI is InChI=1S/C29H37.C5H5.C3H6.2ClH.Ti/c1-18-25-22-17-19-13-9-10-14-20(19)24(22)21-15-11-12-16-23(21)29(25,8)28(6,7)27(4,5)26(18,2)3;1-2-4-5-3-1;1-3-2;;;/h9-11,13-15,23H,12,16-17H2,1-8H3;1-3H,4H2;1-2H3;2*1H;/q2*-1;;;;+2/p-2. The van der Waals surface area contributed by atoms with E-state index in [4.69, 9.17) is 0 Å². The van der Waals surface area contributed by atoms with Crippen LogP contribution in [0.25, 0.3) is 5.57 Å². The van der Waals surface area contributed by atoms with Crippen molar-refractivity contribution in [1.82, 2.24) is 0 Å². The Morgan fingerprint density at radius 1 is 0.950 bits per heavy atom. The minimum Gasteiger partial charge on any atom is -1.00 e. The van der Waals surface area contributed by atoms with Crippen LogP contribution < -0.4 is 24.8 Å². The Hall–Kier alpha value is -1.05. The molecule has 0 nitrogen and oxygen atoms in total. The molecule has 0 saturated heterocycles. The molecule has 0 radical (unpaired) electrons. The van der Waals surface area contributed by atoms with Crippen molar-refractivity contribution >= 4 is 9.38 Å². The van der Waals surface area contributed by atoms with Crippen molar-refractivity contribution in [3.63, 3.8) is 0 Å². The molecule has 0 N–H and O–H groups in total. The van der Waals surface area contributed by atoms with E-state index in [9.17, 15) is 0 Å². The van der Waals surface area contributed by atoms with Gasteiger partial charge in [-0.3, -0.25) is 6.08 Å². The second-order valence-corrected chi connectivity index (χ2v) is 15.3. The van der Waals surface area contributed by atoms with Gasteiger partial charge in [0.1, 0.15) is 0 Å². The van der Waals surface area contributed by atoms with Crippen LogP contribution in [0.3, 0.4) is 0 Å². The summed E-state index contributed by atoms with van der Waals surface area (Å²) in [5.41, 5.74) is 10.3. The Labute approximate surface area is 269 Å². The SMILES string of the molecule is C[C-]1C2=C3Cc4ccccc4C3=C3C=CCCC3C2(C)C(C)(C)C(C)(C)C1(C)C.C[C](C)=[Ti+2].[C-]1=CC=CC1.[Cl-].[Cl-]. The summed E-state index contributed by atoms with van der Waals surface area (Å²) in [6.07, 6.45) is 18.5. The predicted octanol–water partition coefficient (Wildman–Crippen LogP) is 4.02. The summed E-state index contributed by atoms with van der Waals surface area (Å²) in [6, 6.07) is 9.16. The molecular formula is C37H48Cl2Ti-2. The number of hydrogen-bond donors (Lipinski definition) is 0. The van der Waals surface area contributed by atoms with Crippen LogP contribution in [0, 0.1) is 39.6 Å². The summed E-state index contributed by atoms with van der Waals surface area (Å²) < 4.78 is 1.42. The topological polar surface area (TPSA) is 0 Å². The molecule has 6 rings (SSSR count). The first-order chi connectivity index (χ1) is 17.7. The molecule has 0 aliphatic heterocycles. The molecule has 5 aliphatic rings. The van der Waals surface area contributed by atoms with Gasteiger partial charge in [-0.25, -0.2) is 18.1 Å². The smallest absolute Gasteiger partial charge is 0.109 e.